The first-order chi connectivity index (χ1) is 12.7. The molecule has 0 aromatic heterocycles. The highest BCUT2D eigenvalue weighted by Gasteiger charge is 2.15. The van der Waals surface area contributed by atoms with E-state index in [0.29, 0.717) is 0 Å². The number of hydrogen-bond donors (Lipinski definition) is 0. The fraction of sp³-hybridized carbons (Fsp3) is 0. The van der Waals surface area contributed by atoms with Gasteiger partial charge in [0.15, 0.2) is 0 Å². The Balaban J connectivity index is 2.23. The molecule has 0 amide bonds. The predicted octanol–water partition coefficient (Wildman–Crippen LogP) is 8.47. The Kier molecular flexibility index (Phi) is 5.47. The van der Waals surface area contributed by atoms with Crippen molar-refractivity contribution in [3.05, 3.63) is 81.8 Å². The lowest BCUT2D eigenvalue weighted by Gasteiger charge is -2.15. The fourth-order valence-corrected chi connectivity index (χ4v) is 4.19. The molecule has 0 aliphatic heterocycles. The lowest BCUT2D eigenvalue weighted by atomic mass is 9.88. The van der Waals surface area contributed by atoms with Crippen molar-refractivity contribution in [3.63, 3.8) is 0 Å². The standard InChI is InChI=1S/C22H11BrClIS/c23-15-7-5-14(6-8-15)22-19-4-2-1-3-17(19)21-13-16(24)9-10-18(21)20(22)11-12-26-25/h1-10,13H. The zero-order chi connectivity index (χ0) is 18.1. The second-order valence-corrected chi connectivity index (χ2v) is 8.83. The van der Waals surface area contributed by atoms with Gasteiger partial charge in [0.05, 0.1) is 0 Å². The van der Waals surface area contributed by atoms with Crippen LogP contribution < -0.4 is 0 Å². The van der Waals surface area contributed by atoms with Crippen LogP contribution in [0.15, 0.2) is 71.2 Å². The molecule has 0 nitrogen and oxygen atoms in total. The van der Waals surface area contributed by atoms with Crippen molar-refractivity contribution in [1.82, 2.24) is 0 Å². The summed E-state index contributed by atoms with van der Waals surface area (Å²) in [5.41, 5.74) is 3.37. The Morgan fingerprint density at radius 3 is 2.31 bits per heavy atom. The SMILES string of the molecule is Clc1ccc2c(C#CSI)c(-c3ccc(Br)cc3)c3ccccc3c2c1. The van der Waals surface area contributed by atoms with Crippen molar-refractivity contribution >= 4 is 79.2 Å². The monoisotopic (exact) mass is 548 g/mol. The quantitative estimate of drug-likeness (QED) is 0.130. The number of hydrogen-bond acceptors (Lipinski definition) is 1. The predicted molar refractivity (Wildman–Crippen MR) is 128 cm³/mol. The van der Waals surface area contributed by atoms with E-state index < -0.39 is 0 Å². The number of benzene rings is 4. The smallest absolute Gasteiger partial charge is 0.0417 e. The van der Waals surface area contributed by atoms with Crippen molar-refractivity contribution in [2.75, 3.05) is 0 Å². The molecular weight excluding hydrogens is 539 g/mol. The van der Waals surface area contributed by atoms with Gasteiger partial charge in [-0.2, -0.15) is 0 Å². The molecule has 126 valence electrons. The van der Waals surface area contributed by atoms with E-state index in [2.05, 4.69) is 103 Å². The number of halogens is 3. The molecule has 4 rings (SSSR count). The molecule has 4 aromatic carbocycles. The van der Waals surface area contributed by atoms with Crippen molar-refractivity contribution in [1.29, 1.82) is 0 Å². The summed E-state index contributed by atoms with van der Waals surface area (Å²) in [5, 5.41) is 8.55. The molecule has 0 radical (unpaired) electrons. The molecule has 0 aliphatic rings. The maximum absolute atomic E-state index is 6.30. The molecule has 4 heteroatoms. The Morgan fingerprint density at radius 2 is 1.58 bits per heavy atom. The van der Waals surface area contributed by atoms with Crippen LogP contribution in [0.2, 0.25) is 5.02 Å². The first kappa shape index (κ1) is 18.2. The van der Waals surface area contributed by atoms with Gasteiger partial charge in [-0.1, -0.05) is 75.9 Å². The van der Waals surface area contributed by atoms with E-state index in [9.17, 15) is 0 Å². The highest BCUT2D eigenvalue weighted by atomic mass is 127. The van der Waals surface area contributed by atoms with Gasteiger partial charge in [0.2, 0.25) is 0 Å². The maximum Gasteiger partial charge on any atom is 0.0417 e. The molecular formula is C22H11BrClIS. The van der Waals surface area contributed by atoms with Crippen LogP contribution in [0.1, 0.15) is 5.56 Å². The minimum Gasteiger partial charge on any atom is -0.0843 e. The Labute approximate surface area is 182 Å². The lowest BCUT2D eigenvalue weighted by molar-refractivity contribution is 1.61. The third-order valence-corrected chi connectivity index (χ3v) is 5.94. The minimum atomic E-state index is 0.737. The van der Waals surface area contributed by atoms with Gasteiger partial charge in [0.1, 0.15) is 0 Å². The van der Waals surface area contributed by atoms with Gasteiger partial charge in [-0.25, -0.2) is 0 Å². The van der Waals surface area contributed by atoms with E-state index in [0.717, 1.165) is 31.4 Å². The highest BCUT2D eigenvalue weighted by molar-refractivity contribution is 14.2. The molecule has 0 bridgehead atoms. The number of rotatable bonds is 1. The summed E-state index contributed by atoms with van der Waals surface area (Å²) < 4.78 is 1.06. The fourth-order valence-electron chi connectivity index (χ4n) is 3.28. The topological polar surface area (TPSA) is 0 Å². The van der Waals surface area contributed by atoms with Gasteiger partial charge in [0, 0.05) is 41.8 Å². The lowest BCUT2D eigenvalue weighted by Crippen LogP contribution is -1.91. The van der Waals surface area contributed by atoms with Gasteiger partial charge in [-0.15, -0.1) is 0 Å². The van der Waals surface area contributed by atoms with Crippen LogP contribution in [0.3, 0.4) is 0 Å². The molecule has 0 atom stereocenters. The third kappa shape index (κ3) is 3.36. The molecule has 0 saturated heterocycles. The average molecular weight is 550 g/mol. The second kappa shape index (κ2) is 7.82. The molecule has 26 heavy (non-hydrogen) atoms. The Morgan fingerprint density at radius 1 is 0.846 bits per heavy atom. The van der Waals surface area contributed by atoms with E-state index >= 15 is 0 Å². The average Bonchev–Trinajstić information content (AvgIpc) is 2.67. The molecule has 0 aliphatic carbocycles. The summed E-state index contributed by atoms with van der Waals surface area (Å²) in [7, 11) is 1.50. The summed E-state index contributed by atoms with van der Waals surface area (Å²) in [5.74, 6) is 3.38. The third-order valence-electron chi connectivity index (χ3n) is 4.34. The number of fused-ring (bicyclic) bond motifs is 3. The van der Waals surface area contributed by atoms with E-state index in [1.165, 1.54) is 25.3 Å². The zero-order valence-electron chi connectivity index (χ0n) is 13.4. The zero-order valence-corrected chi connectivity index (χ0v) is 18.7. The van der Waals surface area contributed by atoms with E-state index in [1.54, 1.807) is 0 Å². The summed E-state index contributed by atoms with van der Waals surface area (Å²) in [4.78, 5) is 0. The summed E-state index contributed by atoms with van der Waals surface area (Å²) in [6, 6.07) is 22.9. The van der Waals surface area contributed by atoms with Crippen molar-refractivity contribution < 1.29 is 0 Å². The van der Waals surface area contributed by atoms with Crippen LogP contribution in [0.4, 0.5) is 0 Å². The summed E-state index contributed by atoms with van der Waals surface area (Å²) in [6.07, 6.45) is 0. The van der Waals surface area contributed by atoms with Crippen LogP contribution in [-0.2, 0) is 0 Å². The van der Waals surface area contributed by atoms with Crippen LogP contribution in [-0.4, -0.2) is 0 Å². The van der Waals surface area contributed by atoms with E-state index in [4.69, 9.17) is 11.6 Å². The Bertz CT molecular complexity index is 1190. The van der Waals surface area contributed by atoms with E-state index in [-0.39, 0.29) is 0 Å². The summed E-state index contributed by atoms with van der Waals surface area (Å²) >= 11 is 12.0. The highest BCUT2D eigenvalue weighted by Crippen LogP contribution is 2.40. The molecule has 0 fully saturated rings. The molecule has 0 saturated carbocycles. The second-order valence-electron chi connectivity index (χ2n) is 5.80. The van der Waals surface area contributed by atoms with E-state index in [1.807, 2.05) is 12.1 Å². The van der Waals surface area contributed by atoms with Gasteiger partial charge in [0.25, 0.3) is 0 Å². The van der Waals surface area contributed by atoms with Gasteiger partial charge >= 0.3 is 0 Å². The van der Waals surface area contributed by atoms with Crippen LogP contribution in [0.25, 0.3) is 32.7 Å². The molecule has 4 aromatic rings. The molecule has 0 unspecified atom stereocenters. The molecule has 0 N–H and O–H groups in total. The Hall–Kier alpha value is -1.19. The largest absolute Gasteiger partial charge is 0.0843 e. The maximum atomic E-state index is 6.30. The molecule has 0 spiro atoms. The van der Waals surface area contributed by atoms with Gasteiger partial charge < -0.3 is 0 Å². The van der Waals surface area contributed by atoms with Crippen LogP contribution in [0, 0.1) is 11.2 Å². The van der Waals surface area contributed by atoms with Crippen LogP contribution >= 0.6 is 57.7 Å². The van der Waals surface area contributed by atoms with Crippen molar-refractivity contribution in [3.8, 4) is 22.3 Å². The minimum absolute atomic E-state index is 0.737. The van der Waals surface area contributed by atoms with Crippen LogP contribution in [0.5, 0.6) is 0 Å². The van der Waals surface area contributed by atoms with Crippen molar-refractivity contribution in [2.45, 2.75) is 0 Å². The van der Waals surface area contributed by atoms with Crippen molar-refractivity contribution in [2.24, 2.45) is 0 Å². The first-order valence-corrected chi connectivity index (χ1v) is 12.4. The van der Waals surface area contributed by atoms with Gasteiger partial charge in [-0.3, -0.25) is 0 Å². The normalized spacial score (nSPS) is 10.7. The summed E-state index contributed by atoms with van der Waals surface area (Å²) in [6.45, 7) is 0. The molecule has 0 heterocycles. The first-order valence-electron chi connectivity index (χ1n) is 7.87. The van der Waals surface area contributed by atoms with Gasteiger partial charge in [-0.05, 0) is 65.6 Å².